The molecule has 0 saturated carbocycles. The highest BCUT2D eigenvalue weighted by molar-refractivity contribution is 6.46. The van der Waals surface area contributed by atoms with Gasteiger partial charge in [-0.05, 0) is 66.1 Å². The number of nitrogens with zero attached hydrogens (tertiary/aromatic N) is 1. The highest BCUT2D eigenvalue weighted by Gasteiger charge is 2.45. The molecule has 1 atom stereocenters. The first-order chi connectivity index (χ1) is 16.8. The van der Waals surface area contributed by atoms with E-state index >= 15 is 0 Å². The van der Waals surface area contributed by atoms with E-state index in [0.717, 1.165) is 17.7 Å². The maximum atomic E-state index is 13.4. The van der Waals surface area contributed by atoms with Crippen LogP contribution in [0.25, 0.3) is 5.76 Å². The second-order valence-corrected chi connectivity index (χ2v) is 8.03. The number of hydrogen-bond donors (Lipinski definition) is 2. The Labute approximate surface area is 201 Å². The zero-order valence-corrected chi connectivity index (χ0v) is 19.2. The number of carbonyl (C=O) groups is 2. The number of aliphatic hydroxyl groups excluding tert-OH is 1. The van der Waals surface area contributed by atoms with Crippen LogP contribution in [-0.2, 0) is 16.0 Å². The minimum Gasteiger partial charge on any atom is -0.508 e. The summed E-state index contributed by atoms with van der Waals surface area (Å²) in [5, 5.41) is 20.7. The van der Waals surface area contributed by atoms with Gasteiger partial charge in [0.2, 0.25) is 0 Å². The largest absolute Gasteiger partial charge is 0.508 e. The standard InChI is InChI=1S/C27H24FNO6/c1-34-21-12-3-16(15-22(21)35-2)13-14-29-24(17-6-10-20(30)11-7-17)23(26(32)27(29)33)25(31)18-4-8-19(28)9-5-18/h3-12,15,24,30-31H,13-14H2,1-2H3/b25-23+. The number of ether oxygens (including phenoxy) is 2. The minimum atomic E-state index is -0.888. The smallest absolute Gasteiger partial charge is 0.295 e. The van der Waals surface area contributed by atoms with Crippen molar-refractivity contribution in [3.8, 4) is 17.2 Å². The van der Waals surface area contributed by atoms with Crippen LogP contribution in [0.5, 0.6) is 17.2 Å². The number of hydrogen-bond acceptors (Lipinski definition) is 6. The molecule has 35 heavy (non-hydrogen) atoms. The average molecular weight is 477 g/mol. The Morgan fingerprint density at radius 2 is 1.60 bits per heavy atom. The molecule has 0 aliphatic carbocycles. The summed E-state index contributed by atoms with van der Waals surface area (Å²) in [6.07, 6.45) is 0.401. The molecule has 0 spiro atoms. The van der Waals surface area contributed by atoms with Gasteiger partial charge in [-0.15, -0.1) is 0 Å². The van der Waals surface area contributed by atoms with Crippen molar-refractivity contribution in [2.75, 3.05) is 20.8 Å². The summed E-state index contributed by atoms with van der Waals surface area (Å²) in [4.78, 5) is 27.5. The van der Waals surface area contributed by atoms with Crippen LogP contribution in [0.1, 0.15) is 22.7 Å². The van der Waals surface area contributed by atoms with E-state index in [1.54, 1.807) is 24.3 Å². The van der Waals surface area contributed by atoms with Crippen molar-refractivity contribution in [1.29, 1.82) is 0 Å². The summed E-state index contributed by atoms with van der Waals surface area (Å²) in [5.41, 5.74) is 1.51. The predicted octanol–water partition coefficient (Wildman–Crippen LogP) is 4.21. The first-order valence-corrected chi connectivity index (χ1v) is 10.9. The lowest BCUT2D eigenvalue weighted by Gasteiger charge is -2.25. The highest BCUT2D eigenvalue weighted by Crippen LogP contribution is 2.40. The number of ketones is 1. The number of Topliss-reactive ketones (excluding diaryl/α,β-unsaturated/α-hetero) is 1. The van der Waals surface area contributed by atoms with E-state index < -0.39 is 29.3 Å². The minimum absolute atomic E-state index is 0.0227. The summed E-state index contributed by atoms with van der Waals surface area (Å²) in [6, 6.07) is 15.6. The van der Waals surface area contributed by atoms with Crippen molar-refractivity contribution in [2.45, 2.75) is 12.5 Å². The van der Waals surface area contributed by atoms with Crippen LogP contribution < -0.4 is 9.47 Å². The van der Waals surface area contributed by atoms with Gasteiger partial charge in [-0.1, -0.05) is 18.2 Å². The Balaban J connectivity index is 1.73. The fourth-order valence-electron chi connectivity index (χ4n) is 4.16. The van der Waals surface area contributed by atoms with Crippen molar-refractivity contribution in [3.05, 3.63) is 94.8 Å². The lowest BCUT2D eigenvalue weighted by molar-refractivity contribution is -0.139. The molecule has 2 N–H and O–H groups in total. The van der Waals surface area contributed by atoms with E-state index in [9.17, 15) is 24.2 Å². The molecule has 1 saturated heterocycles. The molecule has 180 valence electrons. The molecule has 0 radical (unpaired) electrons. The SMILES string of the molecule is COc1ccc(CCN2C(=O)C(=O)/C(=C(/O)c3ccc(F)cc3)C2c2ccc(O)cc2)cc1OC. The van der Waals surface area contributed by atoms with Crippen LogP contribution in [-0.4, -0.2) is 47.6 Å². The molecule has 1 unspecified atom stereocenters. The van der Waals surface area contributed by atoms with Gasteiger partial charge in [0, 0.05) is 12.1 Å². The quantitative estimate of drug-likeness (QED) is 0.301. The molecule has 1 aliphatic rings. The van der Waals surface area contributed by atoms with Gasteiger partial charge in [-0.25, -0.2) is 4.39 Å². The van der Waals surface area contributed by atoms with Crippen LogP contribution in [0.2, 0.25) is 0 Å². The number of methoxy groups -OCH3 is 2. The van der Waals surface area contributed by atoms with Gasteiger partial charge in [-0.2, -0.15) is 0 Å². The molecule has 1 heterocycles. The highest BCUT2D eigenvalue weighted by atomic mass is 19.1. The predicted molar refractivity (Wildman–Crippen MR) is 127 cm³/mol. The number of phenolic OH excluding ortho intramolecular Hbond substituents is 1. The van der Waals surface area contributed by atoms with E-state index in [2.05, 4.69) is 0 Å². The molecule has 3 aromatic carbocycles. The zero-order chi connectivity index (χ0) is 25.1. The third-order valence-corrected chi connectivity index (χ3v) is 5.96. The van der Waals surface area contributed by atoms with Crippen LogP contribution >= 0.6 is 0 Å². The number of likely N-dealkylation sites (tertiary alicyclic amines) is 1. The molecule has 4 rings (SSSR count). The van der Waals surface area contributed by atoms with Gasteiger partial charge >= 0.3 is 0 Å². The molecule has 0 bridgehead atoms. The van der Waals surface area contributed by atoms with Crippen LogP contribution in [0.3, 0.4) is 0 Å². The third-order valence-electron chi connectivity index (χ3n) is 5.96. The van der Waals surface area contributed by atoms with E-state index in [1.807, 2.05) is 6.07 Å². The Morgan fingerprint density at radius 3 is 2.23 bits per heavy atom. The van der Waals surface area contributed by atoms with E-state index in [1.165, 1.54) is 43.4 Å². The Morgan fingerprint density at radius 1 is 0.943 bits per heavy atom. The first-order valence-electron chi connectivity index (χ1n) is 10.9. The van der Waals surface area contributed by atoms with Crippen molar-refractivity contribution in [2.24, 2.45) is 0 Å². The van der Waals surface area contributed by atoms with Crippen molar-refractivity contribution in [3.63, 3.8) is 0 Å². The number of benzene rings is 3. The van der Waals surface area contributed by atoms with E-state index in [0.29, 0.717) is 23.5 Å². The van der Waals surface area contributed by atoms with Crippen molar-refractivity contribution < 1.29 is 33.7 Å². The molecular weight excluding hydrogens is 453 g/mol. The van der Waals surface area contributed by atoms with Gasteiger partial charge in [-0.3, -0.25) is 9.59 Å². The number of aliphatic hydroxyl groups is 1. The van der Waals surface area contributed by atoms with Gasteiger partial charge in [0.25, 0.3) is 11.7 Å². The van der Waals surface area contributed by atoms with Gasteiger partial charge < -0.3 is 24.6 Å². The number of aromatic hydroxyl groups is 1. The number of phenols is 1. The Kier molecular flexibility index (Phi) is 6.73. The average Bonchev–Trinajstić information content (AvgIpc) is 3.12. The fraction of sp³-hybridized carbons (Fsp3) is 0.185. The van der Waals surface area contributed by atoms with Crippen LogP contribution in [0.4, 0.5) is 4.39 Å². The maximum Gasteiger partial charge on any atom is 0.295 e. The lowest BCUT2D eigenvalue weighted by Crippen LogP contribution is -2.31. The summed E-state index contributed by atoms with van der Waals surface area (Å²) >= 11 is 0. The maximum absolute atomic E-state index is 13.4. The Hall–Kier alpha value is -4.33. The molecule has 3 aromatic rings. The molecular formula is C27H24FNO6. The van der Waals surface area contributed by atoms with Crippen molar-refractivity contribution >= 4 is 17.4 Å². The summed E-state index contributed by atoms with van der Waals surface area (Å²) in [6.45, 7) is 0.172. The van der Waals surface area contributed by atoms with Crippen LogP contribution in [0, 0.1) is 5.82 Å². The number of amides is 1. The van der Waals surface area contributed by atoms with Gasteiger partial charge in [0.05, 0.1) is 25.8 Å². The number of rotatable bonds is 7. The third kappa shape index (κ3) is 4.68. The monoisotopic (exact) mass is 477 g/mol. The second kappa shape index (κ2) is 9.89. The van der Waals surface area contributed by atoms with E-state index in [4.69, 9.17) is 9.47 Å². The first kappa shape index (κ1) is 23.8. The summed E-state index contributed by atoms with van der Waals surface area (Å²) in [7, 11) is 3.07. The van der Waals surface area contributed by atoms with Crippen LogP contribution in [0.15, 0.2) is 72.3 Å². The van der Waals surface area contributed by atoms with Gasteiger partial charge in [0.15, 0.2) is 11.5 Å². The van der Waals surface area contributed by atoms with E-state index in [-0.39, 0.29) is 23.4 Å². The lowest BCUT2D eigenvalue weighted by atomic mass is 9.95. The Bertz CT molecular complexity index is 1280. The number of halogens is 1. The fourth-order valence-corrected chi connectivity index (χ4v) is 4.16. The molecule has 1 fully saturated rings. The summed E-state index contributed by atoms with van der Waals surface area (Å²) in [5.74, 6) is -1.35. The van der Waals surface area contributed by atoms with Gasteiger partial charge in [0.1, 0.15) is 17.3 Å². The molecule has 8 heteroatoms. The topological polar surface area (TPSA) is 96.3 Å². The van der Waals surface area contributed by atoms with Crippen molar-refractivity contribution in [1.82, 2.24) is 4.90 Å². The second-order valence-electron chi connectivity index (χ2n) is 8.03. The molecule has 1 aliphatic heterocycles. The molecule has 0 aromatic heterocycles. The number of carbonyl (C=O) groups excluding carboxylic acids is 2. The molecule has 7 nitrogen and oxygen atoms in total. The normalized spacial score (nSPS) is 17.0. The zero-order valence-electron chi connectivity index (χ0n) is 19.2. The molecule has 1 amide bonds. The summed E-state index contributed by atoms with van der Waals surface area (Å²) < 4.78 is 24.0.